The zero-order valence-corrected chi connectivity index (χ0v) is 17.1. The van der Waals surface area contributed by atoms with Gasteiger partial charge >= 0.3 is 5.97 Å². The lowest BCUT2D eigenvalue weighted by Crippen LogP contribution is -2.14. The lowest BCUT2D eigenvalue weighted by molar-refractivity contribution is 0.0697. The van der Waals surface area contributed by atoms with Crippen LogP contribution >= 0.6 is 23.2 Å². The standard InChI is InChI=1S/C20H15Cl2NO5S/c21-15-3-8-18(9-4-15)29(26,27)23-19-10-5-16(22)11-14(19)12-28-17-6-1-13(2-7-17)20(24)25/h1-11,23H,12H2,(H,24,25). The van der Waals surface area contributed by atoms with E-state index in [-0.39, 0.29) is 17.1 Å². The molecule has 0 fully saturated rings. The molecule has 0 spiro atoms. The summed E-state index contributed by atoms with van der Waals surface area (Å²) in [6.07, 6.45) is 0. The minimum absolute atomic E-state index is 0.0193. The fraction of sp³-hybridized carbons (Fsp3) is 0.0500. The highest BCUT2D eigenvalue weighted by Gasteiger charge is 2.16. The van der Waals surface area contributed by atoms with Gasteiger partial charge in [0.25, 0.3) is 10.0 Å². The van der Waals surface area contributed by atoms with Gasteiger partial charge < -0.3 is 9.84 Å². The summed E-state index contributed by atoms with van der Waals surface area (Å²) >= 11 is 11.9. The van der Waals surface area contributed by atoms with Gasteiger partial charge in [-0.25, -0.2) is 13.2 Å². The quantitative estimate of drug-likeness (QED) is 0.522. The highest BCUT2D eigenvalue weighted by atomic mass is 35.5. The van der Waals surface area contributed by atoms with Crippen LogP contribution in [0.4, 0.5) is 5.69 Å². The van der Waals surface area contributed by atoms with E-state index in [4.69, 9.17) is 33.0 Å². The second kappa shape index (κ2) is 8.73. The Labute approximate surface area is 177 Å². The Bertz CT molecular complexity index is 1130. The van der Waals surface area contributed by atoms with Crippen molar-refractivity contribution in [2.45, 2.75) is 11.5 Å². The van der Waals surface area contributed by atoms with Gasteiger partial charge in [-0.3, -0.25) is 4.72 Å². The van der Waals surface area contributed by atoms with E-state index >= 15 is 0 Å². The molecule has 3 aromatic carbocycles. The number of rotatable bonds is 7. The van der Waals surface area contributed by atoms with Crippen molar-refractivity contribution in [3.8, 4) is 5.75 Å². The van der Waals surface area contributed by atoms with Crippen molar-refractivity contribution < 1.29 is 23.1 Å². The molecule has 0 amide bonds. The fourth-order valence-corrected chi connectivity index (χ4v) is 3.88. The van der Waals surface area contributed by atoms with Gasteiger partial charge in [0.05, 0.1) is 16.1 Å². The molecule has 3 aromatic rings. The maximum absolute atomic E-state index is 12.6. The number of benzene rings is 3. The molecule has 29 heavy (non-hydrogen) atoms. The molecule has 0 saturated heterocycles. The van der Waals surface area contributed by atoms with Crippen LogP contribution in [0.5, 0.6) is 5.75 Å². The molecule has 0 atom stereocenters. The summed E-state index contributed by atoms with van der Waals surface area (Å²) in [5.74, 6) is -0.605. The van der Waals surface area contributed by atoms with Gasteiger partial charge in [-0.1, -0.05) is 23.2 Å². The van der Waals surface area contributed by atoms with Crippen LogP contribution < -0.4 is 9.46 Å². The molecule has 0 aliphatic carbocycles. The number of hydrogen-bond acceptors (Lipinski definition) is 4. The number of aromatic carboxylic acids is 1. The Balaban J connectivity index is 1.80. The molecule has 0 aliphatic heterocycles. The average Bonchev–Trinajstić information content (AvgIpc) is 2.68. The second-order valence-electron chi connectivity index (χ2n) is 5.98. The molecule has 6 nitrogen and oxygen atoms in total. The molecule has 0 aliphatic rings. The molecular weight excluding hydrogens is 437 g/mol. The van der Waals surface area contributed by atoms with E-state index in [1.807, 2.05) is 0 Å². The van der Waals surface area contributed by atoms with Gasteiger partial charge in [-0.2, -0.15) is 0 Å². The van der Waals surface area contributed by atoms with E-state index in [0.717, 1.165) is 0 Å². The van der Waals surface area contributed by atoms with Crippen molar-refractivity contribution in [1.29, 1.82) is 0 Å². The number of nitrogens with one attached hydrogen (secondary N) is 1. The van der Waals surface area contributed by atoms with E-state index in [9.17, 15) is 13.2 Å². The number of carboxylic acid groups (broad SMARTS) is 1. The summed E-state index contributed by atoms with van der Waals surface area (Å²) in [4.78, 5) is 11.0. The van der Waals surface area contributed by atoms with Gasteiger partial charge in [0.1, 0.15) is 12.4 Å². The summed E-state index contributed by atoms with van der Waals surface area (Å²) in [5.41, 5.74) is 0.959. The number of carbonyl (C=O) groups is 1. The van der Waals surface area contributed by atoms with Crippen LogP contribution in [0, 0.1) is 0 Å². The predicted molar refractivity (Wildman–Crippen MR) is 111 cm³/mol. The van der Waals surface area contributed by atoms with E-state index in [2.05, 4.69) is 4.72 Å². The Morgan fingerprint density at radius 1 is 0.931 bits per heavy atom. The van der Waals surface area contributed by atoms with Crippen LogP contribution in [0.25, 0.3) is 0 Å². The molecule has 0 saturated carbocycles. The van der Waals surface area contributed by atoms with Gasteiger partial charge in [0.2, 0.25) is 0 Å². The third kappa shape index (κ3) is 5.41. The fourth-order valence-electron chi connectivity index (χ4n) is 2.45. The summed E-state index contributed by atoms with van der Waals surface area (Å²) in [6, 6.07) is 16.4. The second-order valence-corrected chi connectivity index (χ2v) is 8.53. The Morgan fingerprint density at radius 2 is 1.55 bits per heavy atom. The van der Waals surface area contributed by atoms with Crippen molar-refractivity contribution in [2.24, 2.45) is 0 Å². The summed E-state index contributed by atoms with van der Waals surface area (Å²) in [5, 5.41) is 9.78. The lowest BCUT2D eigenvalue weighted by atomic mass is 10.2. The topological polar surface area (TPSA) is 92.7 Å². The van der Waals surface area contributed by atoms with E-state index in [1.54, 1.807) is 18.2 Å². The predicted octanol–water partition coefficient (Wildman–Crippen LogP) is 5.07. The highest BCUT2D eigenvalue weighted by molar-refractivity contribution is 7.92. The first-order valence-electron chi connectivity index (χ1n) is 8.27. The molecule has 9 heteroatoms. The molecule has 0 aromatic heterocycles. The summed E-state index contributed by atoms with van der Waals surface area (Å²) in [6.45, 7) is 0.0193. The smallest absolute Gasteiger partial charge is 0.335 e. The molecular formula is C20H15Cl2NO5S. The third-order valence-corrected chi connectivity index (χ3v) is 5.80. The molecule has 150 valence electrons. The molecule has 2 N–H and O–H groups in total. The van der Waals surface area contributed by atoms with E-state index in [0.29, 0.717) is 27.0 Å². The number of hydrogen-bond donors (Lipinski definition) is 2. The number of anilines is 1. The maximum atomic E-state index is 12.6. The number of halogens is 2. The molecule has 0 unspecified atom stereocenters. The van der Waals surface area contributed by atoms with Crippen molar-refractivity contribution in [3.63, 3.8) is 0 Å². The SMILES string of the molecule is O=C(O)c1ccc(OCc2cc(Cl)ccc2NS(=O)(=O)c2ccc(Cl)cc2)cc1. The lowest BCUT2D eigenvalue weighted by Gasteiger charge is -2.14. The minimum Gasteiger partial charge on any atom is -0.489 e. The Hall–Kier alpha value is -2.74. The van der Waals surface area contributed by atoms with Gasteiger partial charge in [-0.15, -0.1) is 0 Å². The number of ether oxygens (including phenoxy) is 1. The Kier molecular flexibility index (Phi) is 6.32. The monoisotopic (exact) mass is 451 g/mol. The highest BCUT2D eigenvalue weighted by Crippen LogP contribution is 2.26. The third-order valence-electron chi connectivity index (χ3n) is 3.93. The number of carboxylic acids is 1. The molecule has 0 bridgehead atoms. The summed E-state index contributed by atoms with van der Waals surface area (Å²) in [7, 11) is -3.84. The first-order chi connectivity index (χ1) is 13.7. The van der Waals surface area contributed by atoms with E-state index in [1.165, 1.54) is 48.5 Å². The van der Waals surface area contributed by atoms with Gasteiger partial charge in [0, 0.05) is 15.6 Å². The van der Waals surface area contributed by atoms with Crippen LogP contribution in [0.15, 0.2) is 71.6 Å². The van der Waals surface area contributed by atoms with Crippen molar-refractivity contribution >= 4 is 44.9 Å². The van der Waals surface area contributed by atoms with Gasteiger partial charge in [0.15, 0.2) is 0 Å². The molecule has 0 heterocycles. The van der Waals surface area contributed by atoms with Crippen LogP contribution in [-0.4, -0.2) is 19.5 Å². The van der Waals surface area contributed by atoms with Gasteiger partial charge in [-0.05, 0) is 66.7 Å². The average molecular weight is 452 g/mol. The van der Waals surface area contributed by atoms with Crippen LogP contribution in [0.3, 0.4) is 0 Å². The van der Waals surface area contributed by atoms with Crippen molar-refractivity contribution in [1.82, 2.24) is 0 Å². The number of sulfonamides is 1. The van der Waals surface area contributed by atoms with Crippen molar-refractivity contribution in [3.05, 3.63) is 87.9 Å². The molecule has 0 radical (unpaired) electrons. The largest absolute Gasteiger partial charge is 0.489 e. The van der Waals surface area contributed by atoms with Crippen LogP contribution in [-0.2, 0) is 16.6 Å². The first kappa shape index (κ1) is 21.0. The summed E-state index contributed by atoms with van der Waals surface area (Å²) < 4.78 is 33.5. The van der Waals surface area contributed by atoms with Crippen molar-refractivity contribution in [2.75, 3.05) is 4.72 Å². The zero-order valence-electron chi connectivity index (χ0n) is 14.8. The minimum atomic E-state index is -3.84. The normalized spacial score (nSPS) is 11.1. The molecule has 3 rings (SSSR count). The zero-order chi connectivity index (χ0) is 21.0. The first-order valence-corrected chi connectivity index (χ1v) is 10.5. The van der Waals surface area contributed by atoms with Crippen LogP contribution in [0.1, 0.15) is 15.9 Å². The Morgan fingerprint density at radius 3 is 2.17 bits per heavy atom. The van der Waals surface area contributed by atoms with Crippen LogP contribution in [0.2, 0.25) is 10.0 Å². The maximum Gasteiger partial charge on any atom is 0.335 e. The van der Waals surface area contributed by atoms with E-state index < -0.39 is 16.0 Å².